The topological polar surface area (TPSA) is 80.5 Å². The summed E-state index contributed by atoms with van der Waals surface area (Å²) in [5.74, 6) is -2.63. The van der Waals surface area contributed by atoms with Gasteiger partial charge in [0.15, 0.2) is 0 Å². The predicted molar refractivity (Wildman–Crippen MR) is 101 cm³/mol. The number of amides is 1. The summed E-state index contributed by atoms with van der Waals surface area (Å²) in [6, 6.07) is 2.91. The third-order valence-electron chi connectivity index (χ3n) is 3.91. The Bertz CT molecular complexity index is 1160. The minimum absolute atomic E-state index is 0.148. The number of pyridine rings is 1. The van der Waals surface area contributed by atoms with Gasteiger partial charge in [0, 0.05) is 34.1 Å². The number of carbonyl (C=O) groups is 1. The maximum Gasteiger partial charge on any atom is 0.573 e. The smallest absolute Gasteiger partial charge is 0.455 e. The lowest BCUT2D eigenvalue weighted by atomic mass is 10.2. The third-order valence-corrected chi connectivity index (χ3v) is 4.20. The van der Waals surface area contributed by atoms with Gasteiger partial charge < -0.3 is 14.8 Å². The summed E-state index contributed by atoms with van der Waals surface area (Å²) in [6.45, 7) is -0.223. The van der Waals surface area contributed by atoms with Gasteiger partial charge in [-0.15, -0.1) is 13.2 Å². The molecule has 0 spiro atoms. The number of rotatable bonds is 5. The SMILES string of the molecule is O=C(NC1=CC=C[N+](=O)C1)c1cnc(C(F)(F)F)cc1Oc1ccc(OC(F)(F)F)cc1Cl. The number of alkyl halides is 6. The lowest BCUT2D eigenvalue weighted by Crippen LogP contribution is -2.28. The summed E-state index contributed by atoms with van der Waals surface area (Å²) >= 11 is 5.87. The zero-order chi connectivity index (χ0) is 24.4. The fraction of sp³-hybridized carbons (Fsp3) is 0.158. The second-order valence-electron chi connectivity index (χ2n) is 6.37. The molecule has 1 aromatic carbocycles. The van der Waals surface area contributed by atoms with Crippen LogP contribution in [0.5, 0.6) is 17.2 Å². The summed E-state index contributed by atoms with van der Waals surface area (Å²) in [5, 5.41) is 1.91. The van der Waals surface area contributed by atoms with E-state index in [0.717, 1.165) is 18.2 Å². The fourth-order valence-electron chi connectivity index (χ4n) is 2.55. The van der Waals surface area contributed by atoms with E-state index < -0.39 is 46.2 Å². The molecule has 0 unspecified atom stereocenters. The summed E-state index contributed by atoms with van der Waals surface area (Å²) < 4.78 is 85.9. The Hall–Kier alpha value is -3.61. The lowest BCUT2D eigenvalue weighted by molar-refractivity contribution is -0.472. The molecule has 2 heterocycles. The van der Waals surface area contributed by atoms with Crippen LogP contribution in [0.4, 0.5) is 26.3 Å². The zero-order valence-electron chi connectivity index (χ0n) is 16.0. The molecule has 1 aromatic heterocycles. The second-order valence-corrected chi connectivity index (χ2v) is 6.78. The Labute approximate surface area is 185 Å². The highest BCUT2D eigenvalue weighted by Gasteiger charge is 2.35. The van der Waals surface area contributed by atoms with Crippen molar-refractivity contribution in [2.45, 2.75) is 12.5 Å². The van der Waals surface area contributed by atoms with Crippen molar-refractivity contribution in [1.29, 1.82) is 0 Å². The van der Waals surface area contributed by atoms with E-state index in [0.29, 0.717) is 17.0 Å². The van der Waals surface area contributed by atoms with Gasteiger partial charge in [0.2, 0.25) is 12.7 Å². The molecule has 0 radical (unpaired) electrons. The molecule has 1 aliphatic rings. The van der Waals surface area contributed by atoms with Crippen molar-refractivity contribution in [3.05, 3.63) is 75.7 Å². The Morgan fingerprint density at radius 2 is 1.85 bits per heavy atom. The summed E-state index contributed by atoms with van der Waals surface area (Å²) in [7, 11) is 0. The lowest BCUT2D eigenvalue weighted by Gasteiger charge is -2.15. The number of hydrogen-bond donors (Lipinski definition) is 1. The number of nitrogens with zero attached hydrogens (tertiary/aromatic N) is 2. The summed E-state index contributed by atoms with van der Waals surface area (Å²) in [4.78, 5) is 27.2. The van der Waals surface area contributed by atoms with Crippen molar-refractivity contribution in [2.75, 3.05) is 6.54 Å². The Morgan fingerprint density at radius 1 is 1.12 bits per heavy atom. The van der Waals surface area contributed by atoms with Gasteiger partial charge >= 0.3 is 12.5 Å². The Balaban J connectivity index is 1.93. The van der Waals surface area contributed by atoms with Crippen LogP contribution in [-0.4, -0.2) is 28.6 Å². The highest BCUT2D eigenvalue weighted by atomic mass is 35.5. The molecule has 1 amide bonds. The quantitative estimate of drug-likeness (QED) is 0.447. The van der Waals surface area contributed by atoms with Crippen LogP contribution in [0.15, 0.2) is 54.5 Å². The third kappa shape index (κ3) is 6.44. The normalized spacial score (nSPS) is 14.0. The first-order valence-electron chi connectivity index (χ1n) is 8.75. The first-order chi connectivity index (χ1) is 15.3. The van der Waals surface area contributed by atoms with Crippen molar-refractivity contribution < 1.29 is 45.4 Å². The molecule has 7 nitrogen and oxygen atoms in total. The highest BCUT2D eigenvalue weighted by molar-refractivity contribution is 6.32. The largest absolute Gasteiger partial charge is 0.573 e. The van der Waals surface area contributed by atoms with Gasteiger partial charge in [-0.05, 0) is 18.2 Å². The van der Waals surface area contributed by atoms with Crippen molar-refractivity contribution in [1.82, 2.24) is 10.3 Å². The van der Waals surface area contributed by atoms with E-state index in [1.54, 1.807) is 0 Å². The van der Waals surface area contributed by atoms with Gasteiger partial charge in [0.25, 0.3) is 5.91 Å². The molecule has 174 valence electrons. The van der Waals surface area contributed by atoms with Crippen molar-refractivity contribution in [3.8, 4) is 17.2 Å². The molecule has 0 bridgehead atoms. The van der Waals surface area contributed by atoms with Gasteiger partial charge in [-0.2, -0.15) is 13.2 Å². The van der Waals surface area contributed by atoms with Crippen molar-refractivity contribution in [2.24, 2.45) is 0 Å². The Morgan fingerprint density at radius 3 is 2.45 bits per heavy atom. The van der Waals surface area contributed by atoms with Gasteiger partial charge in [-0.25, -0.2) is 0 Å². The predicted octanol–water partition coefficient (Wildman–Crippen LogP) is 5.36. The number of benzene rings is 1. The maximum absolute atomic E-state index is 13.1. The molecule has 2 aromatic rings. The first-order valence-corrected chi connectivity index (χ1v) is 9.12. The van der Waals surface area contributed by atoms with Crippen LogP contribution >= 0.6 is 11.6 Å². The molecular weight excluding hydrogens is 484 g/mol. The van der Waals surface area contributed by atoms with E-state index in [4.69, 9.17) is 16.3 Å². The van der Waals surface area contributed by atoms with Crippen LogP contribution in [0.25, 0.3) is 0 Å². The van der Waals surface area contributed by atoms with E-state index in [2.05, 4.69) is 15.0 Å². The van der Waals surface area contributed by atoms with E-state index in [-0.39, 0.29) is 18.0 Å². The fourth-order valence-corrected chi connectivity index (χ4v) is 2.76. The Kier molecular flexibility index (Phi) is 6.63. The second kappa shape index (κ2) is 9.10. The van der Waals surface area contributed by atoms with Crippen LogP contribution in [0, 0.1) is 4.91 Å². The summed E-state index contributed by atoms with van der Waals surface area (Å²) in [5.41, 5.74) is -1.70. The van der Waals surface area contributed by atoms with E-state index in [1.165, 1.54) is 18.4 Å². The molecule has 33 heavy (non-hydrogen) atoms. The zero-order valence-corrected chi connectivity index (χ0v) is 16.8. The number of nitroso groups, excluding NO2 is 1. The minimum atomic E-state index is -4.99. The molecule has 0 saturated heterocycles. The van der Waals surface area contributed by atoms with Gasteiger partial charge in [0.05, 0.1) is 10.7 Å². The number of halogens is 7. The first kappa shape index (κ1) is 24.0. The van der Waals surface area contributed by atoms with Crippen molar-refractivity contribution >= 4 is 17.5 Å². The number of hydrogen-bond acceptors (Lipinski definition) is 5. The van der Waals surface area contributed by atoms with Crippen LogP contribution < -0.4 is 14.8 Å². The van der Waals surface area contributed by atoms with Crippen LogP contribution in [0.2, 0.25) is 5.02 Å². The van der Waals surface area contributed by atoms with Gasteiger partial charge in [-0.3, -0.25) is 9.78 Å². The van der Waals surface area contributed by atoms with Gasteiger partial charge in [0.1, 0.15) is 28.5 Å². The molecule has 0 atom stereocenters. The number of allylic oxidation sites excluding steroid dienone is 2. The monoisotopic (exact) mass is 494 g/mol. The van der Waals surface area contributed by atoms with Crippen molar-refractivity contribution in [3.63, 3.8) is 0 Å². The average Bonchev–Trinajstić information content (AvgIpc) is 2.68. The molecule has 0 saturated carbocycles. The average molecular weight is 495 g/mol. The minimum Gasteiger partial charge on any atom is -0.455 e. The standard InChI is InChI=1S/C19H10ClF6N3O4/c20-13-6-11(33-19(24,25)26)3-4-14(13)32-15-7-16(18(21,22)23)27-8-12(15)17(30)28-10-2-1-5-29(31)9-10/h1-8H,9H2/p+1. The van der Waals surface area contributed by atoms with E-state index in [9.17, 15) is 36.0 Å². The molecule has 0 aliphatic carbocycles. The number of nitrogens with one attached hydrogen (secondary N) is 1. The van der Waals surface area contributed by atoms with E-state index in [1.807, 2.05) is 0 Å². The highest BCUT2D eigenvalue weighted by Crippen LogP contribution is 2.37. The summed E-state index contributed by atoms with van der Waals surface area (Å²) in [6.07, 6.45) is -5.33. The maximum atomic E-state index is 13.1. The number of aromatic nitrogens is 1. The number of carbonyl (C=O) groups excluding carboxylic acids is 1. The van der Waals surface area contributed by atoms with Crippen LogP contribution in [0.1, 0.15) is 16.1 Å². The van der Waals surface area contributed by atoms with Crippen LogP contribution in [-0.2, 0) is 6.18 Å². The molecular formula is C19H11ClF6N3O4+. The van der Waals surface area contributed by atoms with Crippen LogP contribution in [0.3, 0.4) is 0 Å². The molecule has 3 rings (SSSR count). The van der Waals surface area contributed by atoms with Gasteiger partial charge in [-0.1, -0.05) is 11.6 Å². The molecule has 0 fully saturated rings. The molecule has 1 N–H and O–H groups in total. The molecule has 1 aliphatic heterocycles. The molecule has 14 heteroatoms. The van der Waals surface area contributed by atoms with E-state index >= 15 is 0 Å². The number of ether oxygens (including phenoxy) is 2.